The number of nitrogens with one attached hydrogen (secondary N) is 1. The van der Waals surface area contributed by atoms with E-state index >= 15 is 0 Å². The Labute approximate surface area is 81.2 Å². The lowest BCUT2D eigenvalue weighted by Gasteiger charge is -2.13. The number of anilines is 1. The summed E-state index contributed by atoms with van der Waals surface area (Å²) in [4.78, 5) is 0. The molecule has 0 amide bonds. The highest BCUT2D eigenvalue weighted by Gasteiger charge is 1.98. The minimum Gasteiger partial charge on any atom is -0.383 e. The SMILES string of the molecule is CCc1cccc(N[C@@H](C)CC)c1. The van der Waals surface area contributed by atoms with Crippen LogP contribution < -0.4 is 5.32 Å². The van der Waals surface area contributed by atoms with Crippen molar-refractivity contribution < 1.29 is 0 Å². The number of benzene rings is 1. The van der Waals surface area contributed by atoms with Crippen LogP contribution in [0.1, 0.15) is 32.8 Å². The topological polar surface area (TPSA) is 12.0 Å². The van der Waals surface area contributed by atoms with Gasteiger partial charge in [0.25, 0.3) is 0 Å². The van der Waals surface area contributed by atoms with E-state index in [0.717, 1.165) is 12.8 Å². The summed E-state index contributed by atoms with van der Waals surface area (Å²) in [5, 5.41) is 3.47. The number of hydrogen-bond acceptors (Lipinski definition) is 1. The minimum absolute atomic E-state index is 0.562. The summed E-state index contributed by atoms with van der Waals surface area (Å²) in [5.74, 6) is 0. The average Bonchev–Trinajstić information content (AvgIpc) is 2.18. The maximum atomic E-state index is 3.47. The molecular weight excluding hydrogens is 158 g/mol. The molecule has 0 aliphatic rings. The predicted molar refractivity (Wildman–Crippen MR) is 59.2 cm³/mol. The van der Waals surface area contributed by atoms with Gasteiger partial charge < -0.3 is 5.32 Å². The molecule has 1 atom stereocenters. The highest BCUT2D eigenvalue weighted by Crippen LogP contribution is 2.12. The largest absolute Gasteiger partial charge is 0.383 e. The highest BCUT2D eigenvalue weighted by molar-refractivity contribution is 5.46. The monoisotopic (exact) mass is 177 g/mol. The van der Waals surface area contributed by atoms with Gasteiger partial charge in [-0.1, -0.05) is 26.0 Å². The Morgan fingerprint density at radius 3 is 2.69 bits per heavy atom. The molecule has 0 bridgehead atoms. The van der Waals surface area contributed by atoms with Crippen molar-refractivity contribution >= 4 is 5.69 Å². The van der Waals surface area contributed by atoms with Crippen molar-refractivity contribution in [3.05, 3.63) is 29.8 Å². The third-order valence-corrected chi connectivity index (χ3v) is 2.36. The molecule has 0 aliphatic heterocycles. The van der Waals surface area contributed by atoms with Gasteiger partial charge in [-0.15, -0.1) is 0 Å². The first kappa shape index (κ1) is 10.1. The van der Waals surface area contributed by atoms with Gasteiger partial charge in [-0.3, -0.25) is 0 Å². The van der Waals surface area contributed by atoms with Crippen LogP contribution in [0.4, 0.5) is 5.69 Å². The van der Waals surface area contributed by atoms with Gasteiger partial charge >= 0.3 is 0 Å². The second-order valence-electron chi connectivity index (χ2n) is 3.51. The molecule has 0 saturated carbocycles. The zero-order valence-electron chi connectivity index (χ0n) is 8.80. The first-order valence-electron chi connectivity index (χ1n) is 5.11. The van der Waals surface area contributed by atoms with E-state index in [0.29, 0.717) is 6.04 Å². The van der Waals surface area contributed by atoms with Crippen LogP contribution in [0, 0.1) is 0 Å². The fourth-order valence-corrected chi connectivity index (χ4v) is 1.27. The summed E-state index contributed by atoms with van der Waals surface area (Å²) in [6, 6.07) is 9.20. The highest BCUT2D eigenvalue weighted by atomic mass is 14.9. The molecule has 0 aromatic heterocycles. The van der Waals surface area contributed by atoms with E-state index in [-0.39, 0.29) is 0 Å². The number of aryl methyl sites for hydroxylation is 1. The maximum absolute atomic E-state index is 3.47. The van der Waals surface area contributed by atoms with Gasteiger partial charge in [-0.2, -0.15) is 0 Å². The van der Waals surface area contributed by atoms with Crippen LogP contribution in [-0.4, -0.2) is 6.04 Å². The smallest absolute Gasteiger partial charge is 0.0344 e. The molecular formula is C12H19N. The molecule has 1 heteroatoms. The summed E-state index contributed by atoms with van der Waals surface area (Å²) in [6.07, 6.45) is 2.27. The molecule has 0 saturated heterocycles. The second-order valence-corrected chi connectivity index (χ2v) is 3.51. The summed E-state index contributed by atoms with van der Waals surface area (Å²) < 4.78 is 0. The Morgan fingerprint density at radius 1 is 1.31 bits per heavy atom. The fraction of sp³-hybridized carbons (Fsp3) is 0.500. The lowest BCUT2D eigenvalue weighted by molar-refractivity contribution is 0.764. The van der Waals surface area contributed by atoms with E-state index in [4.69, 9.17) is 0 Å². The van der Waals surface area contributed by atoms with Gasteiger partial charge in [-0.05, 0) is 37.5 Å². The minimum atomic E-state index is 0.562. The van der Waals surface area contributed by atoms with E-state index in [1.165, 1.54) is 11.3 Å². The van der Waals surface area contributed by atoms with Gasteiger partial charge in [0.05, 0.1) is 0 Å². The van der Waals surface area contributed by atoms with Gasteiger partial charge in [0.1, 0.15) is 0 Å². The summed E-state index contributed by atoms with van der Waals surface area (Å²) >= 11 is 0. The standard InChI is InChI=1S/C12H19N/c1-4-10(3)13-12-8-6-7-11(5-2)9-12/h6-10,13H,4-5H2,1-3H3/t10-/m0/s1. The van der Waals surface area contributed by atoms with Crippen LogP contribution >= 0.6 is 0 Å². The van der Waals surface area contributed by atoms with E-state index in [9.17, 15) is 0 Å². The molecule has 1 nitrogen and oxygen atoms in total. The van der Waals surface area contributed by atoms with Gasteiger partial charge in [0.2, 0.25) is 0 Å². The normalized spacial score (nSPS) is 12.5. The van der Waals surface area contributed by atoms with Crippen LogP contribution in [0.25, 0.3) is 0 Å². The fourth-order valence-electron chi connectivity index (χ4n) is 1.27. The molecule has 0 radical (unpaired) electrons. The second kappa shape index (κ2) is 4.90. The molecule has 1 aromatic rings. The third kappa shape index (κ3) is 3.10. The van der Waals surface area contributed by atoms with Crippen LogP contribution in [0.2, 0.25) is 0 Å². The van der Waals surface area contributed by atoms with Crippen molar-refractivity contribution in [2.24, 2.45) is 0 Å². The Kier molecular flexibility index (Phi) is 3.81. The molecule has 0 aliphatic carbocycles. The maximum Gasteiger partial charge on any atom is 0.0344 e. The summed E-state index contributed by atoms with van der Waals surface area (Å²) in [5.41, 5.74) is 2.64. The van der Waals surface area contributed by atoms with E-state index in [1.54, 1.807) is 0 Å². The zero-order valence-corrected chi connectivity index (χ0v) is 8.80. The van der Waals surface area contributed by atoms with Crippen molar-refractivity contribution in [1.82, 2.24) is 0 Å². The van der Waals surface area contributed by atoms with Crippen molar-refractivity contribution in [3.8, 4) is 0 Å². The quantitative estimate of drug-likeness (QED) is 0.742. The first-order chi connectivity index (χ1) is 6.26. The Hall–Kier alpha value is -0.980. The lowest BCUT2D eigenvalue weighted by Crippen LogP contribution is -2.13. The van der Waals surface area contributed by atoms with Crippen LogP contribution in [0.15, 0.2) is 24.3 Å². The molecule has 0 heterocycles. The lowest BCUT2D eigenvalue weighted by atomic mass is 10.1. The van der Waals surface area contributed by atoms with Crippen LogP contribution in [0.3, 0.4) is 0 Å². The third-order valence-electron chi connectivity index (χ3n) is 2.36. The predicted octanol–water partition coefficient (Wildman–Crippen LogP) is 3.46. The van der Waals surface area contributed by atoms with Crippen molar-refractivity contribution in [2.75, 3.05) is 5.32 Å². The van der Waals surface area contributed by atoms with Gasteiger partial charge in [0, 0.05) is 11.7 Å². The van der Waals surface area contributed by atoms with E-state index in [1.807, 2.05) is 0 Å². The van der Waals surface area contributed by atoms with Crippen molar-refractivity contribution in [2.45, 2.75) is 39.7 Å². The Bertz CT molecular complexity index is 255. The van der Waals surface area contributed by atoms with Gasteiger partial charge in [-0.25, -0.2) is 0 Å². The Balaban J connectivity index is 2.66. The molecule has 1 aromatic carbocycles. The van der Waals surface area contributed by atoms with Crippen LogP contribution in [0.5, 0.6) is 0 Å². The molecule has 1 rings (SSSR count). The van der Waals surface area contributed by atoms with Gasteiger partial charge in [0.15, 0.2) is 0 Å². The first-order valence-corrected chi connectivity index (χ1v) is 5.11. The van der Waals surface area contributed by atoms with Crippen molar-refractivity contribution in [1.29, 1.82) is 0 Å². The number of rotatable bonds is 4. The number of hydrogen-bond donors (Lipinski definition) is 1. The van der Waals surface area contributed by atoms with E-state index in [2.05, 4.69) is 50.4 Å². The zero-order chi connectivity index (χ0) is 9.68. The van der Waals surface area contributed by atoms with E-state index < -0.39 is 0 Å². The molecule has 0 spiro atoms. The van der Waals surface area contributed by atoms with Crippen molar-refractivity contribution in [3.63, 3.8) is 0 Å². The molecule has 0 unspecified atom stereocenters. The molecule has 1 N–H and O–H groups in total. The summed E-state index contributed by atoms with van der Waals surface area (Å²) in [7, 11) is 0. The van der Waals surface area contributed by atoms with Crippen LogP contribution in [-0.2, 0) is 6.42 Å². The molecule has 0 fully saturated rings. The Morgan fingerprint density at radius 2 is 2.08 bits per heavy atom. The summed E-state index contributed by atoms with van der Waals surface area (Å²) in [6.45, 7) is 6.59. The molecule has 13 heavy (non-hydrogen) atoms. The average molecular weight is 177 g/mol. The molecule has 72 valence electrons.